The van der Waals surface area contributed by atoms with Crippen molar-refractivity contribution in [1.29, 1.82) is 0 Å². The zero-order valence-corrected chi connectivity index (χ0v) is 14.6. The Morgan fingerprint density at radius 3 is 2.36 bits per heavy atom. The Balaban J connectivity index is 1.56. The fourth-order valence-electron chi connectivity index (χ4n) is 2.93. The average Bonchev–Trinajstić information content (AvgIpc) is 2.68. The smallest absolute Gasteiger partial charge is 0.417 e. The number of carboxylic acid groups (broad SMARTS) is 1. The first-order chi connectivity index (χ1) is 13.2. The van der Waals surface area contributed by atoms with Gasteiger partial charge in [-0.1, -0.05) is 6.07 Å². The number of carbonyl (C=O) groups excluding carboxylic acids is 1. The third-order valence-electron chi connectivity index (χ3n) is 4.43. The summed E-state index contributed by atoms with van der Waals surface area (Å²) in [5.41, 5.74) is -0.989. The molecular weight excluding hydrogens is 377 g/mol. The number of hydrogen-bond donors (Lipinski definition) is 2. The third-order valence-corrected chi connectivity index (χ3v) is 4.43. The fourth-order valence-corrected chi connectivity index (χ4v) is 2.93. The molecule has 0 aliphatic carbocycles. The first kappa shape index (κ1) is 19.6. The van der Waals surface area contributed by atoms with Gasteiger partial charge in [0.05, 0.1) is 5.56 Å². The van der Waals surface area contributed by atoms with E-state index in [9.17, 15) is 22.8 Å². The van der Waals surface area contributed by atoms with Crippen LogP contribution in [0.1, 0.15) is 39.4 Å². The van der Waals surface area contributed by atoms with E-state index in [1.165, 1.54) is 24.3 Å². The summed E-state index contributed by atoms with van der Waals surface area (Å²) in [7, 11) is 0. The summed E-state index contributed by atoms with van der Waals surface area (Å²) < 4.78 is 37.8. The molecule has 2 N–H and O–H groups in total. The van der Waals surface area contributed by atoms with E-state index in [0.717, 1.165) is 12.3 Å². The van der Waals surface area contributed by atoms with Gasteiger partial charge in [-0.05, 0) is 37.1 Å². The lowest BCUT2D eigenvalue weighted by molar-refractivity contribution is -0.137. The minimum atomic E-state index is -4.42. The number of rotatable bonds is 4. The maximum absolute atomic E-state index is 12.6. The van der Waals surface area contributed by atoms with Crippen LogP contribution in [0.4, 0.5) is 19.0 Å². The number of carbonyl (C=O) groups is 2. The summed E-state index contributed by atoms with van der Waals surface area (Å²) in [4.78, 5) is 32.8. The van der Waals surface area contributed by atoms with E-state index in [1.54, 1.807) is 0 Å². The van der Waals surface area contributed by atoms with Crippen LogP contribution in [0.15, 0.2) is 36.5 Å². The van der Waals surface area contributed by atoms with Crippen molar-refractivity contribution < 1.29 is 27.9 Å². The Bertz CT molecular complexity index is 863. The fraction of sp³-hybridized carbons (Fsp3) is 0.333. The van der Waals surface area contributed by atoms with Gasteiger partial charge in [-0.15, -0.1) is 0 Å². The normalized spacial score (nSPS) is 15.3. The van der Waals surface area contributed by atoms with E-state index in [-0.39, 0.29) is 17.4 Å². The molecule has 0 atom stereocenters. The number of piperidine rings is 1. The number of aromatic nitrogens is 2. The Kier molecular flexibility index (Phi) is 5.48. The van der Waals surface area contributed by atoms with E-state index < -0.39 is 23.6 Å². The zero-order valence-electron chi connectivity index (χ0n) is 14.6. The van der Waals surface area contributed by atoms with Crippen LogP contribution in [-0.4, -0.2) is 46.1 Å². The summed E-state index contributed by atoms with van der Waals surface area (Å²) in [6, 6.07) is 6.37. The van der Waals surface area contributed by atoms with Crippen molar-refractivity contribution in [2.75, 3.05) is 18.0 Å². The zero-order chi connectivity index (χ0) is 20.3. The number of nitrogens with zero attached hydrogens (tertiary/aromatic N) is 3. The Labute approximate surface area is 158 Å². The van der Waals surface area contributed by atoms with Crippen LogP contribution in [0.2, 0.25) is 0 Å². The van der Waals surface area contributed by atoms with Crippen molar-refractivity contribution in [2.24, 2.45) is 0 Å². The molecule has 10 heteroatoms. The second-order valence-electron chi connectivity index (χ2n) is 6.35. The number of carboxylic acids is 1. The van der Waals surface area contributed by atoms with Gasteiger partial charge in [0, 0.05) is 25.3 Å². The van der Waals surface area contributed by atoms with E-state index in [0.29, 0.717) is 31.7 Å². The molecule has 3 heterocycles. The van der Waals surface area contributed by atoms with Gasteiger partial charge >= 0.3 is 12.1 Å². The van der Waals surface area contributed by atoms with Crippen LogP contribution in [0.3, 0.4) is 0 Å². The first-order valence-corrected chi connectivity index (χ1v) is 8.53. The van der Waals surface area contributed by atoms with Gasteiger partial charge in [0.1, 0.15) is 17.2 Å². The molecule has 0 aromatic carbocycles. The maximum Gasteiger partial charge on any atom is 0.417 e. The second-order valence-corrected chi connectivity index (χ2v) is 6.35. The number of hydrogen-bond acceptors (Lipinski definition) is 5. The molecule has 0 bridgehead atoms. The molecule has 1 aliphatic rings. The quantitative estimate of drug-likeness (QED) is 0.828. The molecule has 3 rings (SSSR count). The van der Waals surface area contributed by atoms with Crippen LogP contribution >= 0.6 is 0 Å². The largest absolute Gasteiger partial charge is 0.477 e. The lowest BCUT2D eigenvalue weighted by atomic mass is 10.0. The topological polar surface area (TPSA) is 95.4 Å². The first-order valence-electron chi connectivity index (χ1n) is 8.53. The molecule has 148 valence electrons. The highest BCUT2D eigenvalue weighted by molar-refractivity contribution is 5.94. The number of pyridine rings is 2. The highest BCUT2D eigenvalue weighted by Gasteiger charge is 2.31. The minimum Gasteiger partial charge on any atom is -0.477 e. The summed E-state index contributed by atoms with van der Waals surface area (Å²) in [6.45, 7) is 1.04. The van der Waals surface area contributed by atoms with Crippen molar-refractivity contribution in [1.82, 2.24) is 15.3 Å². The molecule has 28 heavy (non-hydrogen) atoms. The van der Waals surface area contributed by atoms with E-state index in [1.807, 2.05) is 4.90 Å². The van der Waals surface area contributed by atoms with Gasteiger partial charge in [-0.3, -0.25) is 4.79 Å². The monoisotopic (exact) mass is 394 g/mol. The van der Waals surface area contributed by atoms with Gasteiger partial charge in [-0.2, -0.15) is 13.2 Å². The molecule has 0 radical (unpaired) electrons. The van der Waals surface area contributed by atoms with Crippen LogP contribution in [0.25, 0.3) is 0 Å². The number of nitrogens with one attached hydrogen (secondary N) is 1. The molecule has 0 spiro atoms. The highest BCUT2D eigenvalue weighted by atomic mass is 19.4. The van der Waals surface area contributed by atoms with Crippen molar-refractivity contribution in [3.05, 3.63) is 53.5 Å². The number of amides is 1. The molecule has 1 amide bonds. The van der Waals surface area contributed by atoms with Crippen molar-refractivity contribution in [3.8, 4) is 0 Å². The van der Waals surface area contributed by atoms with E-state index >= 15 is 0 Å². The molecule has 1 saturated heterocycles. The third kappa shape index (κ3) is 4.56. The van der Waals surface area contributed by atoms with Gasteiger partial charge in [0.25, 0.3) is 5.91 Å². The van der Waals surface area contributed by atoms with Gasteiger partial charge in [-0.25, -0.2) is 14.8 Å². The SMILES string of the molecule is O=C(O)c1cccc(C(=O)NC2CCN(c3ccc(C(F)(F)F)cn3)CC2)n1. The molecule has 0 saturated carbocycles. The van der Waals surface area contributed by atoms with Crippen LogP contribution in [0.5, 0.6) is 0 Å². The van der Waals surface area contributed by atoms with Crippen molar-refractivity contribution in [3.63, 3.8) is 0 Å². The van der Waals surface area contributed by atoms with Gasteiger partial charge in [0.15, 0.2) is 0 Å². The molecule has 7 nitrogen and oxygen atoms in total. The number of aromatic carboxylic acids is 1. The average molecular weight is 394 g/mol. The molecule has 0 unspecified atom stereocenters. The predicted molar refractivity (Wildman–Crippen MR) is 93.1 cm³/mol. The lowest BCUT2D eigenvalue weighted by Gasteiger charge is -2.33. The van der Waals surface area contributed by atoms with Gasteiger partial charge < -0.3 is 15.3 Å². The Morgan fingerprint density at radius 1 is 1.11 bits per heavy atom. The molecule has 2 aromatic heterocycles. The summed E-state index contributed by atoms with van der Waals surface area (Å²) in [6.07, 6.45) is -2.46. The van der Waals surface area contributed by atoms with Crippen LogP contribution in [0, 0.1) is 0 Å². The van der Waals surface area contributed by atoms with Gasteiger partial charge in [0.2, 0.25) is 0 Å². The molecule has 1 aliphatic heterocycles. The predicted octanol–water partition coefficient (Wildman–Crippen LogP) is 2.59. The second kappa shape index (κ2) is 7.83. The number of alkyl halides is 3. The lowest BCUT2D eigenvalue weighted by Crippen LogP contribution is -2.45. The standard InChI is InChI=1S/C18H17F3N4O3/c19-18(20,21)11-4-5-15(22-10-11)25-8-6-12(7-9-25)23-16(26)13-2-1-3-14(24-13)17(27)28/h1-5,10,12H,6-9H2,(H,23,26)(H,27,28). The van der Waals surface area contributed by atoms with Crippen molar-refractivity contribution >= 4 is 17.7 Å². The van der Waals surface area contributed by atoms with E-state index in [4.69, 9.17) is 5.11 Å². The summed E-state index contributed by atoms with van der Waals surface area (Å²) >= 11 is 0. The summed E-state index contributed by atoms with van der Waals surface area (Å²) in [5, 5.41) is 11.8. The number of anilines is 1. The summed E-state index contributed by atoms with van der Waals surface area (Å²) in [5.74, 6) is -1.23. The van der Waals surface area contributed by atoms with Crippen LogP contribution in [-0.2, 0) is 6.18 Å². The van der Waals surface area contributed by atoms with Crippen LogP contribution < -0.4 is 10.2 Å². The molecule has 2 aromatic rings. The molecular formula is C18H17F3N4O3. The van der Waals surface area contributed by atoms with E-state index in [2.05, 4.69) is 15.3 Å². The minimum absolute atomic E-state index is 0.0201. The Hall–Kier alpha value is -3.17. The maximum atomic E-state index is 12.6. The Morgan fingerprint density at radius 2 is 1.79 bits per heavy atom. The highest BCUT2D eigenvalue weighted by Crippen LogP contribution is 2.29. The molecule has 1 fully saturated rings. The van der Waals surface area contributed by atoms with Crippen molar-refractivity contribution in [2.45, 2.75) is 25.1 Å². The number of halogens is 3.